The molecule has 5 rings (SSSR count). The summed E-state index contributed by atoms with van der Waals surface area (Å²) in [4.78, 5) is 31.6. The third kappa shape index (κ3) is 4.32. The molecule has 188 valence electrons. The molecule has 4 aromatic heterocycles. The third-order valence-corrected chi connectivity index (χ3v) is 5.64. The first-order valence-electron chi connectivity index (χ1n) is 10.4. The molecule has 11 nitrogen and oxygen atoms in total. The molecule has 0 spiro atoms. The SMILES string of the molecule is O=C(Nc1cnc(-n2nncc2CO)c(Cl)c1)c1cnn(-c2cccc3c(=O)[nH]ccc23)c1C(F)(F)F. The van der Waals surface area contributed by atoms with E-state index in [2.05, 4.69) is 30.7 Å². The molecule has 15 heteroatoms. The highest BCUT2D eigenvalue weighted by atomic mass is 35.5. The van der Waals surface area contributed by atoms with Gasteiger partial charge in [-0.25, -0.2) is 9.67 Å². The lowest BCUT2D eigenvalue weighted by Gasteiger charge is -2.14. The Hall–Kier alpha value is -4.56. The van der Waals surface area contributed by atoms with E-state index in [-0.39, 0.29) is 33.0 Å². The van der Waals surface area contributed by atoms with Gasteiger partial charge in [-0.2, -0.15) is 23.0 Å². The van der Waals surface area contributed by atoms with Crippen molar-refractivity contribution in [1.29, 1.82) is 0 Å². The number of hydrogen-bond acceptors (Lipinski definition) is 7. The number of pyridine rings is 2. The van der Waals surface area contributed by atoms with Gasteiger partial charge in [0.05, 0.1) is 52.9 Å². The van der Waals surface area contributed by atoms with E-state index in [1.54, 1.807) is 0 Å². The number of alkyl halides is 3. The molecule has 37 heavy (non-hydrogen) atoms. The molecule has 0 bridgehead atoms. The lowest BCUT2D eigenvalue weighted by atomic mass is 10.1. The van der Waals surface area contributed by atoms with Crippen molar-refractivity contribution in [3.63, 3.8) is 0 Å². The molecule has 0 fully saturated rings. The van der Waals surface area contributed by atoms with Crippen LogP contribution >= 0.6 is 11.6 Å². The highest BCUT2D eigenvalue weighted by molar-refractivity contribution is 6.32. The van der Waals surface area contributed by atoms with Crippen molar-refractivity contribution in [3.05, 3.63) is 87.4 Å². The van der Waals surface area contributed by atoms with Crippen molar-refractivity contribution in [1.82, 2.24) is 34.7 Å². The molecule has 0 aliphatic heterocycles. The molecule has 0 saturated heterocycles. The third-order valence-electron chi connectivity index (χ3n) is 5.36. The molecule has 0 radical (unpaired) electrons. The Morgan fingerprint density at radius 2 is 1.95 bits per heavy atom. The maximum Gasteiger partial charge on any atom is 0.434 e. The van der Waals surface area contributed by atoms with Crippen LogP contribution in [0.2, 0.25) is 5.02 Å². The van der Waals surface area contributed by atoms with Crippen LogP contribution in [0.1, 0.15) is 21.7 Å². The fourth-order valence-corrected chi connectivity index (χ4v) is 4.00. The van der Waals surface area contributed by atoms with Gasteiger partial charge in [0.2, 0.25) is 0 Å². The number of nitrogens with one attached hydrogen (secondary N) is 2. The molecule has 1 aromatic carbocycles. The molecule has 4 heterocycles. The van der Waals surface area contributed by atoms with E-state index in [0.717, 1.165) is 12.4 Å². The second kappa shape index (κ2) is 9.15. The summed E-state index contributed by atoms with van der Waals surface area (Å²) in [6.45, 7) is -0.390. The smallest absolute Gasteiger partial charge is 0.390 e. The van der Waals surface area contributed by atoms with Crippen LogP contribution in [0.25, 0.3) is 22.3 Å². The van der Waals surface area contributed by atoms with Crippen molar-refractivity contribution in [2.45, 2.75) is 12.8 Å². The average molecular weight is 531 g/mol. The quantitative estimate of drug-likeness (QED) is 0.317. The number of aromatic nitrogens is 7. The van der Waals surface area contributed by atoms with E-state index in [1.165, 1.54) is 47.4 Å². The minimum atomic E-state index is -4.97. The molecular weight excluding hydrogens is 517 g/mol. The lowest BCUT2D eigenvalue weighted by molar-refractivity contribution is -0.143. The highest BCUT2D eigenvalue weighted by Gasteiger charge is 2.41. The molecule has 0 atom stereocenters. The van der Waals surface area contributed by atoms with E-state index in [0.29, 0.717) is 10.4 Å². The van der Waals surface area contributed by atoms with Gasteiger partial charge in [-0.05, 0) is 24.3 Å². The minimum absolute atomic E-state index is 0.00184. The maximum atomic E-state index is 14.2. The van der Waals surface area contributed by atoms with Crippen molar-refractivity contribution >= 4 is 34.0 Å². The highest BCUT2D eigenvalue weighted by Crippen LogP contribution is 2.35. The second-order valence-corrected chi connectivity index (χ2v) is 8.05. The Labute approximate surface area is 209 Å². The number of amides is 1. The van der Waals surface area contributed by atoms with E-state index in [4.69, 9.17) is 11.6 Å². The number of H-pyrrole nitrogens is 1. The fraction of sp³-hybridized carbons (Fsp3) is 0.0909. The molecule has 0 aliphatic rings. The number of aliphatic hydroxyl groups excluding tert-OH is 1. The van der Waals surface area contributed by atoms with Crippen LogP contribution in [-0.4, -0.2) is 45.8 Å². The minimum Gasteiger partial charge on any atom is -0.390 e. The van der Waals surface area contributed by atoms with Crippen molar-refractivity contribution < 1.29 is 23.1 Å². The molecule has 1 amide bonds. The van der Waals surface area contributed by atoms with Crippen molar-refractivity contribution in [2.75, 3.05) is 5.32 Å². The molecular formula is C22H14ClF3N8O3. The number of hydrogen-bond donors (Lipinski definition) is 3. The summed E-state index contributed by atoms with van der Waals surface area (Å²) in [6.07, 6.45) is -0.412. The molecule has 3 N–H and O–H groups in total. The van der Waals surface area contributed by atoms with Gasteiger partial charge in [0.1, 0.15) is 0 Å². The Bertz CT molecular complexity index is 1710. The zero-order chi connectivity index (χ0) is 26.3. The van der Waals surface area contributed by atoms with E-state index < -0.39 is 35.5 Å². The number of nitrogens with zero attached hydrogens (tertiary/aromatic N) is 6. The van der Waals surface area contributed by atoms with E-state index in [9.17, 15) is 27.9 Å². The van der Waals surface area contributed by atoms with Crippen LogP contribution in [-0.2, 0) is 12.8 Å². The van der Waals surface area contributed by atoms with Gasteiger partial charge in [0, 0.05) is 17.0 Å². The Morgan fingerprint density at radius 3 is 2.68 bits per heavy atom. The normalized spacial score (nSPS) is 11.7. The largest absolute Gasteiger partial charge is 0.434 e. The number of benzene rings is 1. The Morgan fingerprint density at radius 1 is 1.14 bits per heavy atom. The van der Waals surface area contributed by atoms with Crippen LogP contribution in [0.15, 0.2) is 59.9 Å². The number of fused-ring (bicyclic) bond motifs is 1. The van der Waals surface area contributed by atoms with Crippen molar-refractivity contribution in [2.24, 2.45) is 0 Å². The first kappa shape index (κ1) is 24.1. The summed E-state index contributed by atoms with van der Waals surface area (Å²) in [6, 6.07) is 6.95. The fourth-order valence-electron chi connectivity index (χ4n) is 3.76. The monoisotopic (exact) mass is 530 g/mol. The zero-order valence-electron chi connectivity index (χ0n) is 18.4. The summed E-state index contributed by atoms with van der Waals surface area (Å²) in [7, 11) is 0. The maximum absolute atomic E-state index is 14.2. The summed E-state index contributed by atoms with van der Waals surface area (Å²) in [5, 5.41) is 23.3. The van der Waals surface area contributed by atoms with Crippen LogP contribution in [0.3, 0.4) is 0 Å². The number of aliphatic hydroxyl groups is 1. The summed E-state index contributed by atoms with van der Waals surface area (Å²) in [5.74, 6) is -1.02. The van der Waals surface area contributed by atoms with Crippen LogP contribution in [0.5, 0.6) is 0 Å². The summed E-state index contributed by atoms with van der Waals surface area (Å²) in [5.41, 5.74) is -2.30. The number of aromatic amines is 1. The van der Waals surface area contributed by atoms with Crippen LogP contribution in [0.4, 0.5) is 18.9 Å². The van der Waals surface area contributed by atoms with Crippen molar-refractivity contribution in [3.8, 4) is 11.5 Å². The first-order valence-corrected chi connectivity index (χ1v) is 10.8. The predicted octanol–water partition coefficient (Wildman–Crippen LogP) is 3.11. The van der Waals surface area contributed by atoms with Gasteiger partial charge in [-0.15, -0.1) is 5.10 Å². The predicted molar refractivity (Wildman–Crippen MR) is 125 cm³/mol. The summed E-state index contributed by atoms with van der Waals surface area (Å²) >= 11 is 6.23. The van der Waals surface area contributed by atoms with Crippen LogP contribution < -0.4 is 10.9 Å². The number of anilines is 1. The Kier molecular flexibility index (Phi) is 5.97. The van der Waals surface area contributed by atoms with Gasteiger partial charge in [-0.3, -0.25) is 9.59 Å². The molecule has 0 unspecified atom stereocenters. The van der Waals surface area contributed by atoms with Gasteiger partial charge in [0.15, 0.2) is 11.5 Å². The standard InChI is InChI=1S/C22H14ClF3N8O3/c23-16-6-11(7-28-19(16)33-12(10-35)8-29-32-33)31-21(37)15-9-30-34(18(15)22(24,25)26)17-3-1-2-14-13(17)4-5-27-20(14)36/h1-9,35H,10H2,(H,27,36)(H,31,37). The van der Waals surface area contributed by atoms with Gasteiger partial charge in [-0.1, -0.05) is 22.9 Å². The first-order chi connectivity index (χ1) is 17.7. The lowest BCUT2D eigenvalue weighted by Crippen LogP contribution is -2.21. The number of carbonyl (C=O) groups excluding carboxylic acids is 1. The zero-order valence-corrected chi connectivity index (χ0v) is 19.1. The molecule has 0 saturated carbocycles. The van der Waals surface area contributed by atoms with Gasteiger partial charge < -0.3 is 15.4 Å². The summed E-state index contributed by atoms with van der Waals surface area (Å²) < 4.78 is 44.3. The Balaban J connectivity index is 1.53. The van der Waals surface area contributed by atoms with E-state index >= 15 is 0 Å². The molecule has 5 aromatic rings. The average Bonchev–Trinajstić information content (AvgIpc) is 3.51. The van der Waals surface area contributed by atoms with E-state index in [1.807, 2.05) is 0 Å². The number of carbonyl (C=O) groups is 1. The van der Waals surface area contributed by atoms with Gasteiger partial charge in [0.25, 0.3) is 11.5 Å². The van der Waals surface area contributed by atoms with Gasteiger partial charge >= 0.3 is 6.18 Å². The second-order valence-electron chi connectivity index (χ2n) is 7.64. The molecule has 0 aliphatic carbocycles. The number of halogens is 4. The number of rotatable bonds is 5. The van der Waals surface area contributed by atoms with Crippen LogP contribution in [0, 0.1) is 0 Å². The topological polar surface area (TPSA) is 144 Å².